The van der Waals surface area contributed by atoms with Crippen LogP contribution in [0.5, 0.6) is 0 Å². The first-order valence-electron chi connectivity index (χ1n) is 6.23. The molecule has 0 fully saturated rings. The van der Waals surface area contributed by atoms with E-state index in [9.17, 15) is 8.78 Å². The Bertz CT molecular complexity index is 570. The standard InChI is InChI=1S/C15H16F2N2/c1-3-18-15(13-9-10(2)7-8-19-13)11-5-4-6-12(16)14(11)17/h4-9,15,18H,3H2,1-2H3. The number of hydrogen-bond donors (Lipinski definition) is 1. The predicted molar refractivity (Wildman–Crippen MR) is 70.9 cm³/mol. The van der Waals surface area contributed by atoms with Crippen molar-refractivity contribution in [3.8, 4) is 0 Å². The summed E-state index contributed by atoms with van der Waals surface area (Å²) in [5.41, 5.74) is 2.00. The molecule has 0 aliphatic rings. The SMILES string of the molecule is CCNC(c1cc(C)ccn1)c1cccc(F)c1F. The summed E-state index contributed by atoms with van der Waals surface area (Å²) in [5.74, 6) is -1.66. The molecule has 19 heavy (non-hydrogen) atoms. The van der Waals surface area contributed by atoms with Crippen LogP contribution in [-0.2, 0) is 0 Å². The molecule has 2 aromatic rings. The first-order valence-corrected chi connectivity index (χ1v) is 6.23. The van der Waals surface area contributed by atoms with Crippen LogP contribution in [0.1, 0.15) is 29.8 Å². The van der Waals surface area contributed by atoms with Crippen molar-refractivity contribution in [2.45, 2.75) is 19.9 Å². The van der Waals surface area contributed by atoms with E-state index in [1.54, 1.807) is 12.3 Å². The fraction of sp³-hybridized carbons (Fsp3) is 0.267. The van der Waals surface area contributed by atoms with E-state index in [2.05, 4.69) is 10.3 Å². The highest BCUT2D eigenvalue weighted by molar-refractivity contribution is 5.31. The lowest BCUT2D eigenvalue weighted by atomic mass is 10.0. The van der Waals surface area contributed by atoms with E-state index in [0.29, 0.717) is 12.2 Å². The maximum atomic E-state index is 13.9. The molecule has 0 saturated carbocycles. The minimum absolute atomic E-state index is 0.278. The third-order valence-electron chi connectivity index (χ3n) is 2.93. The normalized spacial score (nSPS) is 12.4. The Kier molecular flexibility index (Phi) is 4.22. The van der Waals surface area contributed by atoms with Crippen LogP contribution in [-0.4, -0.2) is 11.5 Å². The zero-order chi connectivity index (χ0) is 13.8. The van der Waals surface area contributed by atoms with Gasteiger partial charge in [-0.15, -0.1) is 0 Å². The topological polar surface area (TPSA) is 24.9 Å². The van der Waals surface area contributed by atoms with E-state index >= 15 is 0 Å². The summed E-state index contributed by atoms with van der Waals surface area (Å²) in [6.07, 6.45) is 1.67. The highest BCUT2D eigenvalue weighted by atomic mass is 19.2. The van der Waals surface area contributed by atoms with Gasteiger partial charge in [-0.05, 0) is 37.2 Å². The number of aromatic nitrogens is 1. The Morgan fingerprint density at radius 1 is 1.26 bits per heavy atom. The van der Waals surface area contributed by atoms with Crippen molar-refractivity contribution in [3.05, 3.63) is 65.0 Å². The summed E-state index contributed by atoms with van der Waals surface area (Å²) in [6.45, 7) is 4.49. The van der Waals surface area contributed by atoms with E-state index in [4.69, 9.17) is 0 Å². The number of halogens is 2. The quantitative estimate of drug-likeness (QED) is 0.913. The largest absolute Gasteiger partial charge is 0.305 e. The van der Waals surface area contributed by atoms with Gasteiger partial charge < -0.3 is 5.32 Å². The molecule has 0 saturated heterocycles. The minimum Gasteiger partial charge on any atom is -0.305 e. The highest BCUT2D eigenvalue weighted by Gasteiger charge is 2.20. The van der Waals surface area contributed by atoms with Gasteiger partial charge in [0, 0.05) is 11.8 Å². The van der Waals surface area contributed by atoms with Gasteiger partial charge in [0.15, 0.2) is 11.6 Å². The molecule has 2 nitrogen and oxygen atoms in total. The molecule has 100 valence electrons. The molecule has 0 radical (unpaired) electrons. The molecule has 0 aliphatic carbocycles. The summed E-state index contributed by atoms with van der Waals surface area (Å²) < 4.78 is 27.3. The third-order valence-corrected chi connectivity index (χ3v) is 2.93. The van der Waals surface area contributed by atoms with Crippen molar-refractivity contribution in [1.82, 2.24) is 10.3 Å². The molecule has 1 atom stereocenters. The summed E-state index contributed by atoms with van der Waals surface area (Å²) in [7, 11) is 0. The number of nitrogens with zero attached hydrogens (tertiary/aromatic N) is 1. The monoisotopic (exact) mass is 262 g/mol. The van der Waals surface area contributed by atoms with Gasteiger partial charge >= 0.3 is 0 Å². The lowest BCUT2D eigenvalue weighted by Crippen LogP contribution is -2.24. The van der Waals surface area contributed by atoms with Crippen LogP contribution in [0.3, 0.4) is 0 Å². The summed E-state index contributed by atoms with van der Waals surface area (Å²) in [4.78, 5) is 4.25. The summed E-state index contributed by atoms with van der Waals surface area (Å²) in [6, 6.07) is 7.50. The van der Waals surface area contributed by atoms with Gasteiger partial charge in [0.1, 0.15) is 0 Å². The van der Waals surface area contributed by atoms with Crippen LogP contribution in [0.15, 0.2) is 36.5 Å². The smallest absolute Gasteiger partial charge is 0.163 e. The molecule has 4 heteroatoms. The van der Waals surface area contributed by atoms with Gasteiger partial charge in [-0.3, -0.25) is 4.98 Å². The third kappa shape index (κ3) is 2.96. The fourth-order valence-corrected chi connectivity index (χ4v) is 2.04. The maximum absolute atomic E-state index is 13.9. The first-order chi connectivity index (χ1) is 9.13. The molecule has 1 heterocycles. The van der Waals surface area contributed by atoms with E-state index < -0.39 is 17.7 Å². The van der Waals surface area contributed by atoms with Gasteiger partial charge in [-0.2, -0.15) is 0 Å². The molecular weight excluding hydrogens is 246 g/mol. The lowest BCUT2D eigenvalue weighted by molar-refractivity contribution is 0.481. The van der Waals surface area contributed by atoms with Crippen molar-refractivity contribution < 1.29 is 8.78 Å². The van der Waals surface area contributed by atoms with Crippen LogP contribution in [0.25, 0.3) is 0 Å². The maximum Gasteiger partial charge on any atom is 0.163 e. The lowest BCUT2D eigenvalue weighted by Gasteiger charge is -2.19. The average Bonchev–Trinajstić information content (AvgIpc) is 2.40. The Morgan fingerprint density at radius 2 is 2.05 bits per heavy atom. The Hall–Kier alpha value is -1.81. The Morgan fingerprint density at radius 3 is 2.74 bits per heavy atom. The van der Waals surface area contributed by atoms with Gasteiger partial charge in [-0.25, -0.2) is 8.78 Å². The van der Waals surface area contributed by atoms with Gasteiger partial charge in [0.25, 0.3) is 0 Å². The van der Waals surface area contributed by atoms with Gasteiger partial charge in [0.05, 0.1) is 11.7 Å². The van der Waals surface area contributed by atoms with Crippen LogP contribution in [0.2, 0.25) is 0 Å². The summed E-state index contributed by atoms with van der Waals surface area (Å²) >= 11 is 0. The van der Waals surface area contributed by atoms with Crippen molar-refractivity contribution in [3.63, 3.8) is 0 Å². The molecular formula is C15H16F2N2. The molecule has 1 unspecified atom stereocenters. The van der Waals surface area contributed by atoms with Crippen molar-refractivity contribution in [1.29, 1.82) is 0 Å². The van der Waals surface area contributed by atoms with Crippen LogP contribution in [0.4, 0.5) is 8.78 Å². The molecule has 0 aliphatic heterocycles. The van der Waals surface area contributed by atoms with Crippen LogP contribution < -0.4 is 5.32 Å². The van der Waals surface area contributed by atoms with E-state index in [1.807, 2.05) is 26.0 Å². The van der Waals surface area contributed by atoms with Gasteiger partial charge in [-0.1, -0.05) is 19.1 Å². The van der Waals surface area contributed by atoms with E-state index in [0.717, 1.165) is 11.6 Å². The first kappa shape index (κ1) is 13.6. The predicted octanol–water partition coefficient (Wildman–Crippen LogP) is 3.37. The molecule has 1 aromatic carbocycles. The molecule has 1 N–H and O–H groups in total. The summed E-state index contributed by atoms with van der Waals surface area (Å²) in [5, 5.41) is 3.14. The second-order valence-electron chi connectivity index (χ2n) is 4.39. The average molecular weight is 262 g/mol. The highest BCUT2D eigenvalue weighted by Crippen LogP contribution is 2.24. The number of pyridine rings is 1. The van der Waals surface area contributed by atoms with Gasteiger partial charge in [0.2, 0.25) is 0 Å². The Labute approximate surface area is 111 Å². The number of nitrogens with one attached hydrogen (secondary N) is 1. The van der Waals surface area contributed by atoms with Crippen molar-refractivity contribution >= 4 is 0 Å². The minimum atomic E-state index is -0.840. The van der Waals surface area contributed by atoms with Crippen LogP contribution >= 0.6 is 0 Å². The van der Waals surface area contributed by atoms with Crippen molar-refractivity contribution in [2.75, 3.05) is 6.54 Å². The number of hydrogen-bond acceptors (Lipinski definition) is 2. The number of aryl methyl sites for hydroxylation is 1. The second kappa shape index (κ2) is 5.89. The molecule has 1 aromatic heterocycles. The fourth-order valence-electron chi connectivity index (χ4n) is 2.04. The number of rotatable bonds is 4. The second-order valence-corrected chi connectivity index (χ2v) is 4.39. The zero-order valence-electron chi connectivity index (χ0n) is 11.0. The molecule has 2 rings (SSSR count). The van der Waals surface area contributed by atoms with E-state index in [1.165, 1.54) is 6.07 Å². The Balaban J connectivity index is 2.48. The zero-order valence-corrected chi connectivity index (χ0v) is 11.0. The van der Waals surface area contributed by atoms with E-state index in [-0.39, 0.29) is 5.56 Å². The number of benzene rings is 1. The molecule has 0 amide bonds. The van der Waals surface area contributed by atoms with Crippen molar-refractivity contribution in [2.24, 2.45) is 0 Å². The van der Waals surface area contributed by atoms with Crippen LogP contribution in [0, 0.1) is 18.6 Å². The molecule has 0 bridgehead atoms. The molecule has 0 spiro atoms.